The van der Waals surface area contributed by atoms with Crippen LogP contribution in [-0.4, -0.2) is 0 Å². The molecule has 2 heteroatoms. The predicted octanol–water partition coefficient (Wildman–Crippen LogP) is 6.41. The molecule has 0 aliphatic heterocycles. The number of fused-ring (bicyclic) bond motifs is 3. The summed E-state index contributed by atoms with van der Waals surface area (Å²) in [6.45, 7) is 0. The summed E-state index contributed by atoms with van der Waals surface area (Å²) in [5.74, 6) is 0. The Hall–Kier alpha value is -2.51. The van der Waals surface area contributed by atoms with Crippen molar-refractivity contribution in [3.63, 3.8) is 0 Å². The SMILES string of the molecule is Clc1ccc(C=Cc2cccc3c2oc2ccccc23)cc1. The molecule has 0 radical (unpaired) electrons. The molecule has 106 valence electrons. The average Bonchev–Trinajstić information content (AvgIpc) is 2.94. The van der Waals surface area contributed by atoms with E-state index in [2.05, 4.69) is 36.4 Å². The van der Waals surface area contributed by atoms with Crippen LogP contribution < -0.4 is 0 Å². The average molecular weight is 305 g/mol. The van der Waals surface area contributed by atoms with Crippen LogP contribution in [0.4, 0.5) is 0 Å². The maximum absolute atomic E-state index is 6.02. The molecule has 4 rings (SSSR count). The van der Waals surface area contributed by atoms with Crippen LogP contribution in [0, 0.1) is 0 Å². The monoisotopic (exact) mass is 304 g/mol. The van der Waals surface area contributed by atoms with Crippen molar-refractivity contribution >= 4 is 45.7 Å². The molecular weight excluding hydrogens is 292 g/mol. The third-order valence-corrected chi connectivity index (χ3v) is 4.01. The summed E-state index contributed by atoms with van der Waals surface area (Å²) in [6.07, 6.45) is 4.15. The molecule has 1 nitrogen and oxygen atoms in total. The number of benzene rings is 3. The van der Waals surface area contributed by atoms with Crippen LogP contribution >= 0.6 is 11.6 Å². The zero-order valence-corrected chi connectivity index (χ0v) is 12.5. The second-order valence-corrected chi connectivity index (χ2v) is 5.64. The molecule has 0 unspecified atom stereocenters. The van der Waals surface area contributed by atoms with E-state index < -0.39 is 0 Å². The van der Waals surface area contributed by atoms with Crippen molar-refractivity contribution < 1.29 is 4.42 Å². The van der Waals surface area contributed by atoms with Crippen molar-refractivity contribution in [3.8, 4) is 0 Å². The van der Waals surface area contributed by atoms with Crippen LogP contribution in [0.15, 0.2) is 71.1 Å². The van der Waals surface area contributed by atoms with Crippen molar-refractivity contribution in [1.82, 2.24) is 0 Å². The normalized spacial score (nSPS) is 11.7. The number of hydrogen-bond donors (Lipinski definition) is 0. The zero-order valence-electron chi connectivity index (χ0n) is 11.8. The number of rotatable bonds is 2. The van der Waals surface area contributed by atoms with E-state index in [1.165, 1.54) is 0 Å². The molecule has 0 aliphatic rings. The van der Waals surface area contributed by atoms with E-state index in [-0.39, 0.29) is 0 Å². The number of halogens is 1. The van der Waals surface area contributed by atoms with Gasteiger partial charge in [-0.15, -0.1) is 0 Å². The van der Waals surface area contributed by atoms with Gasteiger partial charge in [0.2, 0.25) is 0 Å². The molecule has 0 amide bonds. The molecule has 0 bridgehead atoms. The van der Waals surface area contributed by atoms with Gasteiger partial charge in [0, 0.05) is 21.4 Å². The summed E-state index contributed by atoms with van der Waals surface area (Å²) in [5.41, 5.74) is 4.03. The van der Waals surface area contributed by atoms with E-state index in [1.807, 2.05) is 42.5 Å². The topological polar surface area (TPSA) is 13.1 Å². The van der Waals surface area contributed by atoms with Crippen LogP contribution in [0.2, 0.25) is 5.02 Å². The fraction of sp³-hybridized carbons (Fsp3) is 0. The highest BCUT2D eigenvalue weighted by atomic mass is 35.5. The fourth-order valence-corrected chi connectivity index (χ4v) is 2.79. The minimum Gasteiger partial charge on any atom is -0.455 e. The highest BCUT2D eigenvalue weighted by Gasteiger charge is 2.08. The Labute approximate surface area is 133 Å². The summed E-state index contributed by atoms with van der Waals surface area (Å²) < 4.78 is 6.02. The number of para-hydroxylation sites is 2. The maximum atomic E-state index is 6.02. The molecule has 1 aromatic heterocycles. The van der Waals surface area contributed by atoms with E-state index in [1.54, 1.807) is 0 Å². The summed E-state index contributed by atoms with van der Waals surface area (Å²) in [4.78, 5) is 0. The quantitative estimate of drug-likeness (QED) is 0.390. The summed E-state index contributed by atoms with van der Waals surface area (Å²) in [7, 11) is 0. The van der Waals surface area contributed by atoms with Crippen molar-refractivity contribution in [2.75, 3.05) is 0 Å². The van der Waals surface area contributed by atoms with Crippen molar-refractivity contribution in [2.24, 2.45) is 0 Å². The Balaban J connectivity index is 1.83. The third kappa shape index (κ3) is 2.30. The van der Waals surface area contributed by atoms with Gasteiger partial charge in [0.25, 0.3) is 0 Å². The smallest absolute Gasteiger partial charge is 0.142 e. The lowest BCUT2D eigenvalue weighted by atomic mass is 10.1. The van der Waals surface area contributed by atoms with Crippen LogP contribution in [0.1, 0.15) is 11.1 Å². The van der Waals surface area contributed by atoms with Crippen LogP contribution in [-0.2, 0) is 0 Å². The van der Waals surface area contributed by atoms with Gasteiger partial charge in [-0.05, 0) is 23.8 Å². The van der Waals surface area contributed by atoms with Gasteiger partial charge < -0.3 is 4.42 Å². The Bertz CT molecular complexity index is 978. The summed E-state index contributed by atoms with van der Waals surface area (Å²) in [5, 5.41) is 3.05. The molecule has 0 aliphatic carbocycles. The lowest BCUT2D eigenvalue weighted by molar-refractivity contribution is 0.668. The molecule has 4 aromatic rings. The molecule has 1 heterocycles. The van der Waals surface area contributed by atoms with Gasteiger partial charge in [0.05, 0.1) is 0 Å². The van der Waals surface area contributed by atoms with Crippen LogP contribution in [0.25, 0.3) is 34.1 Å². The largest absolute Gasteiger partial charge is 0.455 e. The van der Waals surface area contributed by atoms with Gasteiger partial charge in [-0.3, -0.25) is 0 Å². The van der Waals surface area contributed by atoms with E-state index in [0.717, 1.165) is 38.1 Å². The molecule has 22 heavy (non-hydrogen) atoms. The Morgan fingerprint density at radius 3 is 2.36 bits per heavy atom. The first-order valence-corrected chi connectivity index (χ1v) is 7.53. The first-order valence-electron chi connectivity index (χ1n) is 7.15. The summed E-state index contributed by atoms with van der Waals surface area (Å²) in [6, 6.07) is 22.1. The standard InChI is InChI=1S/C20H13ClO/c21-16-12-9-14(10-13-16)8-11-15-4-3-6-18-17-5-1-2-7-19(17)22-20(15)18/h1-13H. The minimum absolute atomic E-state index is 0.747. The molecule has 3 aromatic carbocycles. The Kier molecular flexibility index (Phi) is 3.21. The second-order valence-electron chi connectivity index (χ2n) is 5.21. The number of hydrogen-bond acceptors (Lipinski definition) is 1. The minimum atomic E-state index is 0.747. The Morgan fingerprint density at radius 2 is 1.50 bits per heavy atom. The van der Waals surface area contributed by atoms with E-state index >= 15 is 0 Å². The van der Waals surface area contributed by atoms with E-state index in [4.69, 9.17) is 16.0 Å². The lowest BCUT2D eigenvalue weighted by Crippen LogP contribution is -1.74. The molecule has 0 N–H and O–H groups in total. The van der Waals surface area contributed by atoms with Gasteiger partial charge in [0.15, 0.2) is 0 Å². The molecule has 0 fully saturated rings. The van der Waals surface area contributed by atoms with Gasteiger partial charge in [-0.25, -0.2) is 0 Å². The Morgan fingerprint density at radius 1 is 0.727 bits per heavy atom. The highest BCUT2D eigenvalue weighted by molar-refractivity contribution is 6.30. The van der Waals surface area contributed by atoms with Crippen LogP contribution in [0.5, 0.6) is 0 Å². The van der Waals surface area contributed by atoms with Gasteiger partial charge >= 0.3 is 0 Å². The van der Waals surface area contributed by atoms with Crippen molar-refractivity contribution in [3.05, 3.63) is 82.9 Å². The van der Waals surface area contributed by atoms with Gasteiger partial charge in [-0.1, -0.05) is 72.3 Å². The fourth-order valence-electron chi connectivity index (χ4n) is 2.66. The lowest BCUT2D eigenvalue weighted by Gasteiger charge is -1.97. The predicted molar refractivity (Wildman–Crippen MR) is 94.1 cm³/mol. The van der Waals surface area contributed by atoms with Crippen molar-refractivity contribution in [1.29, 1.82) is 0 Å². The van der Waals surface area contributed by atoms with Gasteiger partial charge in [-0.2, -0.15) is 0 Å². The molecule has 0 saturated carbocycles. The van der Waals surface area contributed by atoms with Crippen molar-refractivity contribution in [2.45, 2.75) is 0 Å². The molecular formula is C20H13ClO. The summed E-state index contributed by atoms with van der Waals surface area (Å²) >= 11 is 5.91. The van der Waals surface area contributed by atoms with Gasteiger partial charge in [0.1, 0.15) is 11.2 Å². The number of furan rings is 1. The molecule has 0 saturated heterocycles. The van der Waals surface area contributed by atoms with E-state index in [9.17, 15) is 0 Å². The van der Waals surface area contributed by atoms with E-state index in [0.29, 0.717) is 0 Å². The van der Waals surface area contributed by atoms with Crippen LogP contribution in [0.3, 0.4) is 0 Å². The first kappa shape index (κ1) is 13.2. The molecule has 0 spiro atoms. The maximum Gasteiger partial charge on any atom is 0.142 e. The third-order valence-electron chi connectivity index (χ3n) is 3.76. The first-order chi connectivity index (χ1) is 10.8. The zero-order chi connectivity index (χ0) is 14.9. The molecule has 0 atom stereocenters. The highest BCUT2D eigenvalue weighted by Crippen LogP contribution is 2.31. The second kappa shape index (κ2) is 5.36.